The van der Waals surface area contributed by atoms with E-state index in [1.165, 1.54) is 0 Å². The van der Waals surface area contributed by atoms with Crippen molar-refractivity contribution in [2.75, 3.05) is 0 Å². The second kappa shape index (κ2) is 3.71. The molecule has 0 fully saturated rings. The molecular weight excluding hydrogens is 284 g/mol. The van der Waals surface area contributed by atoms with Crippen molar-refractivity contribution in [2.24, 2.45) is 0 Å². The van der Waals surface area contributed by atoms with Gasteiger partial charge in [-0.25, -0.2) is 0 Å². The highest BCUT2D eigenvalue weighted by molar-refractivity contribution is 9.13. The number of hydrogen-bond donors (Lipinski definition) is 0. The van der Waals surface area contributed by atoms with Gasteiger partial charge in [0.15, 0.2) is 0 Å². The summed E-state index contributed by atoms with van der Waals surface area (Å²) in [7, 11) is 0. The molecule has 2 nitrogen and oxygen atoms in total. The van der Waals surface area contributed by atoms with Crippen LogP contribution in [0.1, 0.15) is 11.1 Å². The Hall–Kier alpha value is -0.840. The van der Waals surface area contributed by atoms with Gasteiger partial charge in [-0.1, -0.05) is 0 Å². The fourth-order valence-electron chi connectivity index (χ4n) is 0.753. The molecule has 0 amide bonds. The topological polar surface area (TPSA) is 47.6 Å². The molecule has 0 spiro atoms. The van der Waals surface area contributed by atoms with Crippen LogP contribution < -0.4 is 0 Å². The van der Waals surface area contributed by atoms with Crippen LogP contribution in [0.4, 0.5) is 0 Å². The molecule has 1 rings (SSSR count). The summed E-state index contributed by atoms with van der Waals surface area (Å²) in [5.74, 6) is 0. The van der Waals surface area contributed by atoms with Crippen molar-refractivity contribution in [3.63, 3.8) is 0 Å². The van der Waals surface area contributed by atoms with Crippen LogP contribution in [0.3, 0.4) is 0 Å². The molecule has 0 radical (unpaired) electrons. The summed E-state index contributed by atoms with van der Waals surface area (Å²) in [6, 6.07) is 7.23. The summed E-state index contributed by atoms with van der Waals surface area (Å²) in [6.07, 6.45) is 0. The fourth-order valence-corrected chi connectivity index (χ4v) is 1.52. The normalized spacial score (nSPS) is 8.67. The van der Waals surface area contributed by atoms with Gasteiger partial charge in [0.05, 0.1) is 15.6 Å². The van der Waals surface area contributed by atoms with E-state index < -0.39 is 0 Å². The van der Waals surface area contributed by atoms with E-state index in [9.17, 15) is 0 Å². The number of rotatable bonds is 0. The van der Waals surface area contributed by atoms with E-state index in [1.807, 2.05) is 12.1 Å². The lowest BCUT2D eigenvalue weighted by Gasteiger charge is -1.99. The molecule has 0 aliphatic carbocycles. The molecule has 1 aromatic carbocycles. The molecule has 0 heterocycles. The number of hydrogen-bond acceptors (Lipinski definition) is 2. The van der Waals surface area contributed by atoms with Crippen LogP contribution in [-0.2, 0) is 0 Å². The second-order valence-corrected chi connectivity index (χ2v) is 3.65. The molecule has 0 bridgehead atoms. The first-order valence-electron chi connectivity index (χ1n) is 2.99. The lowest BCUT2D eigenvalue weighted by Crippen LogP contribution is -1.85. The number of nitriles is 2. The minimum Gasteiger partial charge on any atom is -0.192 e. The van der Waals surface area contributed by atoms with Gasteiger partial charge in [-0.3, -0.25) is 0 Å². The van der Waals surface area contributed by atoms with Gasteiger partial charge in [0.2, 0.25) is 0 Å². The molecule has 1 aromatic rings. The van der Waals surface area contributed by atoms with Gasteiger partial charge in [-0.05, 0) is 44.0 Å². The van der Waals surface area contributed by atoms with Gasteiger partial charge in [0, 0.05) is 4.47 Å². The van der Waals surface area contributed by atoms with E-state index in [2.05, 4.69) is 31.9 Å². The molecular formula is C8H2Br2N2. The predicted octanol–water partition coefficient (Wildman–Crippen LogP) is 2.95. The second-order valence-electron chi connectivity index (χ2n) is 2.01. The summed E-state index contributed by atoms with van der Waals surface area (Å²) in [5.41, 5.74) is 0.749. The van der Waals surface area contributed by atoms with E-state index in [4.69, 9.17) is 10.5 Å². The van der Waals surface area contributed by atoms with Crippen molar-refractivity contribution in [2.45, 2.75) is 0 Å². The van der Waals surface area contributed by atoms with E-state index >= 15 is 0 Å². The average Bonchev–Trinajstić information content (AvgIpc) is 2.09. The number of halogens is 2. The molecule has 0 unspecified atom stereocenters. The van der Waals surface area contributed by atoms with E-state index in [0.29, 0.717) is 15.6 Å². The third-order valence-corrected chi connectivity index (χ3v) is 3.34. The molecule has 0 aliphatic heterocycles. The van der Waals surface area contributed by atoms with Gasteiger partial charge in [0.1, 0.15) is 12.1 Å². The number of benzene rings is 1. The van der Waals surface area contributed by atoms with Gasteiger partial charge in [-0.2, -0.15) is 10.5 Å². The lowest BCUT2D eigenvalue weighted by molar-refractivity contribution is 1.40. The van der Waals surface area contributed by atoms with E-state index in [-0.39, 0.29) is 0 Å². The van der Waals surface area contributed by atoms with Gasteiger partial charge in [-0.15, -0.1) is 0 Å². The van der Waals surface area contributed by atoms with Crippen molar-refractivity contribution in [1.29, 1.82) is 10.5 Å². The van der Waals surface area contributed by atoms with Crippen molar-refractivity contribution >= 4 is 31.9 Å². The largest absolute Gasteiger partial charge is 0.192 e. The van der Waals surface area contributed by atoms with Crippen molar-refractivity contribution in [3.8, 4) is 12.1 Å². The summed E-state index contributed by atoms with van der Waals surface area (Å²) in [5, 5.41) is 17.3. The Balaban J connectivity index is 3.52. The predicted molar refractivity (Wildman–Crippen MR) is 51.3 cm³/mol. The van der Waals surface area contributed by atoms with Crippen LogP contribution in [0.15, 0.2) is 21.1 Å². The molecule has 4 heteroatoms. The maximum Gasteiger partial charge on any atom is 0.102 e. The molecule has 0 saturated carbocycles. The average molecular weight is 286 g/mol. The molecule has 0 saturated heterocycles. The van der Waals surface area contributed by atoms with Crippen LogP contribution in [0, 0.1) is 22.7 Å². The molecule has 0 aromatic heterocycles. The maximum atomic E-state index is 8.70. The highest BCUT2D eigenvalue weighted by Crippen LogP contribution is 2.28. The van der Waals surface area contributed by atoms with Crippen LogP contribution >= 0.6 is 31.9 Å². The Bertz CT molecular complexity index is 399. The van der Waals surface area contributed by atoms with Crippen molar-refractivity contribution in [1.82, 2.24) is 0 Å². The summed E-state index contributed by atoms with van der Waals surface area (Å²) >= 11 is 6.45. The number of nitrogens with zero attached hydrogens (tertiary/aromatic N) is 2. The highest BCUT2D eigenvalue weighted by Gasteiger charge is 2.08. The minimum absolute atomic E-state index is 0.367. The standard InChI is InChI=1S/C8H2Br2N2/c9-7-2-1-5(3-11)6(4-12)8(7)10/h1-2H. The summed E-state index contributed by atoms with van der Waals surface area (Å²) in [4.78, 5) is 0. The third-order valence-electron chi connectivity index (χ3n) is 1.33. The zero-order chi connectivity index (χ0) is 9.14. The zero-order valence-corrected chi connectivity index (χ0v) is 8.98. The van der Waals surface area contributed by atoms with E-state index in [1.54, 1.807) is 12.1 Å². The van der Waals surface area contributed by atoms with Crippen molar-refractivity contribution < 1.29 is 0 Å². The molecule has 0 aliphatic rings. The Morgan fingerprint density at radius 3 is 2.25 bits per heavy atom. The van der Waals surface area contributed by atoms with Crippen LogP contribution in [0.2, 0.25) is 0 Å². The quantitative estimate of drug-likeness (QED) is 0.736. The lowest BCUT2D eigenvalue weighted by atomic mass is 10.1. The van der Waals surface area contributed by atoms with E-state index in [0.717, 1.165) is 4.47 Å². The minimum atomic E-state index is 0.367. The van der Waals surface area contributed by atoms with Crippen LogP contribution in [0.25, 0.3) is 0 Å². The Morgan fingerprint density at radius 1 is 1.08 bits per heavy atom. The Labute approximate surface area is 86.7 Å². The molecule has 12 heavy (non-hydrogen) atoms. The van der Waals surface area contributed by atoms with Crippen molar-refractivity contribution in [3.05, 3.63) is 32.2 Å². The summed E-state index contributed by atoms with van der Waals surface area (Å²) < 4.78 is 1.40. The van der Waals surface area contributed by atoms with Gasteiger partial charge in [0.25, 0.3) is 0 Å². The first-order valence-corrected chi connectivity index (χ1v) is 4.57. The molecule has 0 atom stereocenters. The van der Waals surface area contributed by atoms with Crippen LogP contribution in [0.5, 0.6) is 0 Å². The maximum absolute atomic E-state index is 8.70. The monoisotopic (exact) mass is 284 g/mol. The Morgan fingerprint density at radius 2 is 1.75 bits per heavy atom. The molecule has 0 N–H and O–H groups in total. The SMILES string of the molecule is N#Cc1ccc(Br)c(Br)c1C#N. The van der Waals surface area contributed by atoms with Gasteiger partial charge >= 0.3 is 0 Å². The molecule has 58 valence electrons. The van der Waals surface area contributed by atoms with Gasteiger partial charge < -0.3 is 0 Å². The fraction of sp³-hybridized carbons (Fsp3) is 0. The smallest absolute Gasteiger partial charge is 0.102 e. The Kier molecular flexibility index (Phi) is 2.86. The zero-order valence-electron chi connectivity index (χ0n) is 5.81. The summed E-state index contributed by atoms with van der Waals surface area (Å²) in [6.45, 7) is 0. The van der Waals surface area contributed by atoms with Crippen LogP contribution in [-0.4, -0.2) is 0 Å². The highest BCUT2D eigenvalue weighted by atomic mass is 79.9. The third kappa shape index (κ3) is 1.50. The first-order chi connectivity index (χ1) is 5.70. The first kappa shape index (κ1) is 9.25.